The normalized spacial score (nSPS) is 14.1. The van der Waals surface area contributed by atoms with Crippen LogP contribution >= 0.6 is 23.4 Å². The maximum absolute atomic E-state index is 12.1. The number of halogens is 1. The third-order valence-electron chi connectivity index (χ3n) is 2.83. The Morgan fingerprint density at radius 3 is 2.72 bits per heavy atom. The highest BCUT2D eigenvalue weighted by molar-refractivity contribution is 7.99. The van der Waals surface area contributed by atoms with E-state index in [9.17, 15) is 9.90 Å². The summed E-state index contributed by atoms with van der Waals surface area (Å²) in [6, 6.07) is 5.09. The number of hydrogen-bond donors (Lipinski definition) is 2. The van der Waals surface area contributed by atoms with Crippen LogP contribution in [0, 0.1) is 6.92 Å². The van der Waals surface area contributed by atoms with Gasteiger partial charge in [0.1, 0.15) is 0 Å². The second kappa shape index (κ2) is 7.02. The van der Waals surface area contributed by atoms with Crippen molar-refractivity contribution >= 4 is 29.3 Å². The van der Waals surface area contributed by atoms with Crippen molar-refractivity contribution in [1.29, 1.82) is 0 Å². The van der Waals surface area contributed by atoms with Gasteiger partial charge < -0.3 is 10.4 Å². The highest BCUT2D eigenvalue weighted by Crippen LogP contribution is 2.16. The van der Waals surface area contributed by atoms with Gasteiger partial charge in [0.05, 0.1) is 6.61 Å². The van der Waals surface area contributed by atoms with E-state index in [1.54, 1.807) is 18.2 Å². The minimum absolute atomic E-state index is 0.00144. The van der Waals surface area contributed by atoms with Crippen molar-refractivity contribution < 1.29 is 9.90 Å². The molecule has 1 aromatic carbocycles. The fourth-order valence-electron chi connectivity index (χ4n) is 1.70. The molecule has 2 atom stereocenters. The average molecular weight is 288 g/mol. The van der Waals surface area contributed by atoms with Crippen LogP contribution in [0.15, 0.2) is 18.2 Å². The van der Waals surface area contributed by atoms with E-state index in [-0.39, 0.29) is 23.8 Å². The lowest BCUT2D eigenvalue weighted by molar-refractivity contribution is 0.0935. The monoisotopic (exact) mass is 287 g/mol. The predicted molar refractivity (Wildman–Crippen MR) is 77.5 cm³/mol. The van der Waals surface area contributed by atoms with E-state index in [0.29, 0.717) is 10.6 Å². The number of benzene rings is 1. The van der Waals surface area contributed by atoms with E-state index >= 15 is 0 Å². The van der Waals surface area contributed by atoms with Gasteiger partial charge in [-0.25, -0.2) is 0 Å². The molecular formula is C13H18ClNO2S. The molecule has 1 aromatic rings. The molecule has 2 unspecified atom stereocenters. The Morgan fingerprint density at radius 1 is 1.56 bits per heavy atom. The molecule has 0 saturated heterocycles. The van der Waals surface area contributed by atoms with Crippen LogP contribution in [-0.4, -0.2) is 35.2 Å². The summed E-state index contributed by atoms with van der Waals surface area (Å²) in [6.45, 7) is 3.78. The Bertz CT molecular complexity index is 421. The summed E-state index contributed by atoms with van der Waals surface area (Å²) in [5.41, 5.74) is 1.46. The topological polar surface area (TPSA) is 49.3 Å². The molecule has 18 heavy (non-hydrogen) atoms. The van der Waals surface area contributed by atoms with Gasteiger partial charge in [-0.05, 0) is 43.9 Å². The van der Waals surface area contributed by atoms with E-state index in [2.05, 4.69) is 5.32 Å². The van der Waals surface area contributed by atoms with Crippen LogP contribution in [0.25, 0.3) is 0 Å². The molecule has 0 aliphatic carbocycles. The standard InChI is InChI=1S/C13H18ClNO2S/c1-8-6-10(14)4-5-11(8)13(17)15-9(2)12(7-16)18-3/h4-6,9,12,16H,7H2,1-3H3,(H,15,17). The molecule has 0 saturated carbocycles. The maximum atomic E-state index is 12.1. The first-order valence-electron chi connectivity index (χ1n) is 5.70. The number of rotatable bonds is 5. The molecule has 2 N–H and O–H groups in total. The minimum Gasteiger partial charge on any atom is -0.395 e. The lowest BCUT2D eigenvalue weighted by atomic mass is 10.1. The first kappa shape index (κ1) is 15.3. The summed E-state index contributed by atoms with van der Waals surface area (Å²) in [4.78, 5) is 12.1. The predicted octanol–water partition coefficient (Wildman–Crippen LogP) is 2.49. The number of amides is 1. The molecule has 0 bridgehead atoms. The summed E-state index contributed by atoms with van der Waals surface area (Å²) in [7, 11) is 0. The zero-order valence-corrected chi connectivity index (χ0v) is 12.3. The summed E-state index contributed by atoms with van der Waals surface area (Å²) < 4.78 is 0. The Labute approximate surface area is 117 Å². The number of aliphatic hydroxyl groups excluding tert-OH is 1. The van der Waals surface area contributed by atoms with Crippen molar-refractivity contribution in [2.45, 2.75) is 25.1 Å². The number of thioether (sulfide) groups is 1. The molecule has 0 spiro atoms. The van der Waals surface area contributed by atoms with Gasteiger partial charge >= 0.3 is 0 Å². The van der Waals surface area contributed by atoms with Gasteiger partial charge in [0.15, 0.2) is 0 Å². The fraction of sp³-hybridized carbons (Fsp3) is 0.462. The highest BCUT2D eigenvalue weighted by Gasteiger charge is 2.18. The van der Waals surface area contributed by atoms with Crippen molar-refractivity contribution in [3.63, 3.8) is 0 Å². The van der Waals surface area contributed by atoms with E-state index in [0.717, 1.165) is 5.56 Å². The van der Waals surface area contributed by atoms with Crippen LogP contribution in [0.5, 0.6) is 0 Å². The number of aliphatic hydroxyl groups is 1. The number of carbonyl (C=O) groups excluding carboxylic acids is 1. The van der Waals surface area contributed by atoms with Crippen LogP contribution in [0.2, 0.25) is 5.02 Å². The van der Waals surface area contributed by atoms with E-state index in [1.165, 1.54) is 11.8 Å². The zero-order chi connectivity index (χ0) is 13.7. The molecule has 1 amide bonds. The van der Waals surface area contributed by atoms with Gasteiger partial charge in [0, 0.05) is 21.9 Å². The molecule has 0 aliphatic heterocycles. The molecular weight excluding hydrogens is 270 g/mol. The summed E-state index contributed by atoms with van der Waals surface area (Å²) in [5.74, 6) is -0.135. The lowest BCUT2D eigenvalue weighted by Crippen LogP contribution is -2.41. The van der Waals surface area contributed by atoms with Gasteiger partial charge in [0.25, 0.3) is 5.91 Å². The van der Waals surface area contributed by atoms with Gasteiger partial charge in [-0.2, -0.15) is 11.8 Å². The van der Waals surface area contributed by atoms with Crippen LogP contribution in [0.3, 0.4) is 0 Å². The van der Waals surface area contributed by atoms with E-state index in [4.69, 9.17) is 11.6 Å². The second-order valence-corrected chi connectivity index (χ2v) is 5.69. The summed E-state index contributed by atoms with van der Waals surface area (Å²) >= 11 is 7.39. The van der Waals surface area contributed by atoms with Crippen LogP contribution in [0.1, 0.15) is 22.8 Å². The molecule has 0 aromatic heterocycles. The van der Waals surface area contributed by atoms with Gasteiger partial charge in [0.2, 0.25) is 0 Å². The van der Waals surface area contributed by atoms with Gasteiger partial charge in [-0.15, -0.1) is 0 Å². The third-order valence-corrected chi connectivity index (χ3v) is 4.23. The average Bonchev–Trinajstić information content (AvgIpc) is 2.30. The van der Waals surface area contributed by atoms with Gasteiger partial charge in [-0.3, -0.25) is 4.79 Å². The molecule has 5 heteroatoms. The molecule has 100 valence electrons. The molecule has 1 rings (SSSR count). The Morgan fingerprint density at radius 2 is 2.22 bits per heavy atom. The largest absolute Gasteiger partial charge is 0.395 e. The molecule has 0 fully saturated rings. The lowest BCUT2D eigenvalue weighted by Gasteiger charge is -2.21. The number of nitrogens with one attached hydrogen (secondary N) is 1. The first-order valence-corrected chi connectivity index (χ1v) is 7.36. The first-order chi connectivity index (χ1) is 8.49. The molecule has 3 nitrogen and oxygen atoms in total. The molecule has 0 radical (unpaired) electrons. The number of aryl methyl sites for hydroxylation is 1. The Balaban J connectivity index is 2.76. The van der Waals surface area contributed by atoms with Crippen molar-refractivity contribution in [3.8, 4) is 0 Å². The molecule has 0 heterocycles. The quantitative estimate of drug-likeness (QED) is 0.875. The SMILES string of the molecule is CSC(CO)C(C)NC(=O)c1ccc(Cl)cc1C. The van der Waals surface area contributed by atoms with Gasteiger partial charge in [-0.1, -0.05) is 11.6 Å². The maximum Gasteiger partial charge on any atom is 0.251 e. The smallest absolute Gasteiger partial charge is 0.251 e. The van der Waals surface area contributed by atoms with Crippen molar-refractivity contribution in [3.05, 3.63) is 34.3 Å². The molecule has 0 aliphatic rings. The number of carbonyl (C=O) groups is 1. The van der Waals surface area contributed by atoms with Crippen molar-refractivity contribution in [2.75, 3.05) is 12.9 Å². The summed E-state index contributed by atoms with van der Waals surface area (Å²) in [6.07, 6.45) is 1.91. The Kier molecular flexibility index (Phi) is 5.99. The third kappa shape index (κ3) is 3.90. The van der Waals surface area contributed by atoms with Crippen LogP contribution < -0.4 is 5.32 Å². The van der Waals surface area contributed by atoms with E-state index in [1.807, 2.05) is 20.1 Å². The summed E-state index contributed by atoms with van der Waals surface area (Å²) in [5, 5.41) is 12.7. The highest BCUT2D eigenvalue weighted by atomic mass is 35.5. The van der Waals surface area contributed by atoms with Crippen LogP contribution in [0.4, 0.5) is 0 Å². The zero-order valence-electron chi connectivity index (χ0n) is 10.7. The Hall–Kier alpha value is -0.710. The van der Waals surface area contributed by atoms with Crippen molar-refractivity contribution in [1.82, 2.24) is 5.32 Å². The van der Waals surface area contributed by atoms with Crippen LogP contribution in [-0.2, 0) is 0 Å². The van der Waals surface area contributed by atoms with E-state index < -0.39 is 0 Å². The van der Waals surface area contributed by atoms with Crippen molar-refractivity contribution in [2.24, 2.45) is 0 Å². The number of hydrogen-bond acceptors (Lipinski definition) is 3. The minimum atomic E-state index is -0.135. The second-order valence-electron chi connectivity index (χ2n) is 4.18. The fourth-order valence-corrected chi connectivity index (χ4v) is 2.55.